The van der Waals surface area contributed by atoms with E-state index < -0.39 is 0 Å². The normalized spacial score (nSPS) is 33.2. The number of ether oxygens (including phenoxy) is 1. The molecule has 2 atom stereocenters. The van der Waals surface area contributed by atoms with Gasteiger partial charge in [0.2, 0.25) is 0 Å². The van der Waals surface area contributed by atoms with E-state index >= 15 is 0 Å². The lowest BCUT2D eigenvalue weighted by Crippen LogP contribution is -2.45. The van der Waals surface area contributed by atoms with E-state index in [1.807, 2.05) is 0 Å². The summed E-state index contributed by atoms with van der Waals surface area (Å²) in [5.41, 5.74) is 0.523. The van der Waals surface area contributed by atoms with Crippen LogP contribution in [0.2, 0.25) is 0 Å². The van der Waals surface area contributed by atoms with Crippen molar-refractivity contribution in [1.29, 1.82) is 0 Å². The summed E-state index contributed by atoms with van der Waals surface area (Å²) in [6.07, 6.45) is 8.66. The van der Waals surface area contributed by atoms with Crippen molar-refractivity contribution in [1.82, 2.24) is 4.90 Å². The van der Waals surface area contributed by atoms with Crippen LogP contribution in [0, 0.1) is 5.41 Å². The largest absolute Gasteiger partial charge is 0.377 e. The van der Waals surface area contributed by atoms with Crippen LogP contribution in [0.5, 0.6) is 0 Å². The minimum atomic E-state index is 0.413. The first-order chi connectivity index (χ1) is 8.17. The molecule has 0 N–H and O–H groups in total. The summed E-state index contributed by atoms with van der Waals surface area (Å²) < 4.78 is 5.69. The summed E-state index contributed by atoms with van der Waals surface area (Å²) in [7, 11) is 2.29. The number of likely N-dealkylation sites (N-methyl/N-ethyl adjacent to an activating group) is 1. The molecule has 2 rings (SSSR count). The van der Waals surface area contributed by atoms with E-state index in [4.69, 9.17) is 4.74 Å². The van der Waals surface area contributed by atoms with Gasteiger partial charge in [0.05, 0.1) is 6.10 Å². The molecule has 1 saturated heterocycles. The van der Waals surface area contributed by atoms with Crippen molar-refractivity contribution in [3.05, 3.63) is 0 Å². The number of halogens is 1. The average Bonchev–Trinajstić information content (AvgIpc) is 2.77. The van der Waals surface area contributed by atoms with E-state index in [9.17, 15) is 0 Å². The van der Waals surface area contributed by atoms with Crippen molar-refractivity contribution < 1.29 is 4.74 Å². The summed E-state index contributed by atoms with van der Waals surface area (Å²) in [5, 5.41) is 1.16. The van der Waals surface area contributed by atoms with Crippen molar-refractivity contribution in [2.45, 2.75) is 57.6 Å². The zero-order chi connectivity index (χ0) is 12.3. The van der Waals surface area contributed by atoms with Crippen LogP contribution in [-0.4, -0.2) is 42.6 Å². The third-order valence-corrected chi connectivity index (χ3v) is 5.87. The summed E-state index contributed by atoms with van der Waals surface area (Å²) in [6.45, 7) is 4.39. The molecule has 0 radical (unpaired) electrons. The SMILES string of the molecule is CC1OCCC1N(C)CC1(CBr)CCCCC1. The van der Waals surface area contributed by atoms with Crippen molar-refractivity contribution >= 4 is 15.9 Å². The van der Waals surface area contributed by atoms with Gasteiger partial charge in [0.25, 0.3) is 0 Å². The topological polar surface area (TPSA) is 12.5 Å². The standard InChI is InChI=1S/C14H26BrNO/c1-12-13(6-9-17-12)16(2)11-14(10-15)7-4-3-5-8-14/h12-13H,3-11H2,1-2H3. The Bertz CT molecular complexity index is 240. The molecule has 17 heavy (non-hydrogen) atoms. The predicted molar refractivity (Wildman–Crippen MR) is 75.8 cm³/mol. The van der Waals surface area contributed by atoms with Crippen molar-refractivity contribution in [3.8, 4) is 0 Å². The first-order valence-corrected chi connectivity index (χ1v) is 8.17. The van der Waals surface area contributed by atoms with Gasteiger partial charge in [0, 0.05) is 24.5 Å². The van der Waals surface area contributed by atoms with Crippen LogP contribution in [0.3, 0.4) is 0 Å². The first-order valence-electron chi connectivity index (χ1n) is 7.05. The van der Waals surface area contributed by atoms with Gasteiger partial charge >= 0.3 is 0 Å². The summed E-state index contributed by atoms with van der Waals surface area (Å²) in [6, 6.07) is 0.632. The summed E-state index contributed by atoms with van der Waals surface area (Å²) >= 11 is 3.76. The number of nitrogens with zero attached hydrogens (tertiary/aromatic N) is 1. The third-order valence-electron chi connectivity index (χ3n) is 4.68. The lowest BCUT2D eigenvalue weighted by Gasteiger charge is -2.41. The highest BCUT2D eigenvalue weighted by atomic mass is 79.9. The zero-order valence-electron chi connectivity index (χ0n) is 11.3. The van der Waals surface area contributed by atoms with Crippen LogP contribution in [0.1, 0.15) is 45.4 Å². The van der Waals surface area contributed by atoms with Crippen LogP contribution in [0.4, 0.5) is 0 Å². The Balaban J connectivity index is 1.93. The van der Waals surface area contributed by atoms with E-state index in [1.165, 1.54) is 45.1 Å². The number of hydrogen-bond donors (Lipinski definition) is 0. The molecule has 0 aromatic heterocycles. The third kappa shape index (κ3) is 3.24. The molecular formula is C14H26BrNO. The van der Waals surface area contributed by atoms with E-state index in [1.54, 1.807) is 0 Å². The Kier molecular flexibility index (Phi) is 4.90. The predicted octanol–water partition coefficient (Wildman–Crippen LogP) is 3.44. The van der Waals surface area contributed by atoms with Crippen LogP contribution in [-0.2, 0) is 4.74 Å². The molecular weight excluding hydrogens is 278 g/mol. The molecule has 2 fully saturated rings. The fraction of sp³-hybridized carbons (Fsp3) is 1.00. The van der Waals surface area contributed by atoms with E-state index in [-0.39, 0.29) is 0 Å². The van der Waals surface area contributed by atoms with Gasteiger partial charge in [0.15, 0.2) is 0 Å². The quantitative estimate of drug-likeness (QED) is 0.738. The van der Waals surface area contributed by atoms with Gasteiger partial charge in [-0.2, -0.15) is 0 Å². The Morgan fingerprint density at radius 2 is 2.00 bits per heavy atom. The smallest absolute Gasteiger partial charge is 0.0702 e. The van der Waals surface area contributed by atoms with Crippen molar-refractivity contribution in [3.63, 3.8) is 0 Å². The first kappa shape index (κ1) is 13.8. The average molecular weight is 304 g/mol. The lowest BCUT2D eigenvalue weighted by atomic mass is 9.75. The monoisotopic (exact) mass is 303 g/mol. The van der Waals surface area contributed by atoms with Gasteiger partial charge < -0.3 is 9.64 Å². The number of hydrogen-bond acceptors (Lipinski definition) is 2. The molecule has 2 unspecified atom stereocenters. The molecule has 0 aromatic rings. The Labute approximate surface area is 114 Å². The Hall–Kier alpha value is 0.400. The highest BCUT2D eigenvalue weighted by Gasteiger charge is 2.36. The van der Waals surface area contributed by atoms with Gasteiger partial charge in [-0.3, -0.25) is 0 Å². The van der Waals surface area contributed by atoms with E-state index in [0.717, 1.165) is 11.9 Å². The maximum Gasteiger partial charge on any atom is 0.0702 e. The molecule has 2 aliphatic rings. The summed E-state index contributed by atoms with van der Waals surface area (Å²) in [5.74, 6) is 0. The molecule has 0 bridgehead atoms. The second kappa shape index (κ2) is 6.03. The number of alkyl halides is 1. The molecule has 0 spiro atoms. The minimum absolute atomic E-state index is 0.413. The number of rotatable bonds is 4. The Morgan fingerprint density at radius 1 is 1.29 bits per heavy atom. The fourth-order valence-electron chi connectivity index (χ4n) is 3.58. The Morgan fingerprint density at radius 3 is 2.53 bits per heavy atom. The molecule has 0 amide bonds. The molecule has 1 saturated carbocycles. The van der Waals surface area contributed by atoms with Crippen molar-refractivity contribution in [2.75, 3.05) is 25.5 Å². The fourth-order valence-corrected chi connectivity index (χ4v) is 4.32. The van der Waals surface area contributed by atoms with E-state index in [0.29, 0.717) is 17.6 Å². The maximum atomic E-state index is 5.69. The van der Waals surface area contributed by atoms with Gasteiger partial charge in [-0.1, -0.05) is 35.2 Å². The van der Waals surface area contributed by atoms with Crippen LogP contribution in [0.25, 0.3) is 0 Å². The zero-order valence-corrected chi connectivity index (χ0v) is 12.8. The van der Waals surface area contributed by atoms with Crippen LogP contribution in [0.15, 0.2) is 0 Å². The van der Waals surface area contributed by atoms with Gasteiger partial charge in [-0.15, -0.1) is 0 Å². The lowest BCUT2D eigenvalue weighted by molar-refractivity contribution is 0.0586. The highest BCUT2D eigenvalue weighted by Crippen LogP contribution is 2.39. The van der Waals surface area contributed by atoms with Crippen LogP contribution >= 0.6 is 15.9 Å². The minimum Gasteiger partial charge on any atom is -0.377 e. The van der Waals surface area contributed by atoms with Crippen LogP contribution < -0.4 is 0 Å². The van der Waals surface area contributed by atoms with Gasteiger partial charge in [-0.25, -0.2) is 0 Å². The molecule has 1 aliphatic carbocycles. The van der Waals surface area contributed by atoms with Gasteiger partial charge in [0.1, 0.15) is 0 Å². The summed E-state index contributed by atoms with van der Waals surface area (Å²) in [4.78, 5) is 2.56. The second-order valence-corrected chi connectivity index (χ2v) is 6.60. The van der Waals surface area contributed by atoms with Gasteiger partial charge in [-0.05, 0) is 38.6 Å². The molecule has 100 valence electrons. The van der Waals surface area contributed by atoms with Crippen molar-refractivity contribution in [2.24, 2.45) is 5.41 Å². The maximum absolute atomic E-state index is 5.69. The molecule has 1 aliphatic heterocycles. The second-order valence-electron chi connectivity index (χ2n) is 6.04. The molecule has 2 nitrogen and oxygen atoms in total. The highest BCUT2D eigenvalue weighted by molar-refractivity contribution is 9.09. The van der Waals surface area contributed by atoms with E-state index in [2.05, 4.69) is 34.8 Å². The molecule has 3 heteroatoms. The molecule has 0 aromatic carbocycles. The molecule has 1 heterocycles.